The summed E-state index contributed by atoms with van der Waals surface area (Å²) in [6.07, 6.45) is 5.79. The molecule has 0 radical (unpaired) electrons. The summed E-state index contributed by atoms with van der Waals surface area (Å²) >= 11 is 0. The highest BCUT2D eigenvalue weighted by molar-refractivity contribution is 6.05. The minimum atomic E-state index is 1.06. The second-order valence-electron chi connectivity index (χ2n) is 4.98. The Hall–Kier alpha value is -2.42. The maximum atomic E-state index is 4.73. The van der Waals surface area contributed by atoms with Crippen molar-refractivity contribution in [2.24, 2.45) is 7.05 Å². The van der Waals surface area contributed by atoms with Gasteiger partial charge in [0, 0.05) is 47.7 Å². The Balaban J connectivity index is 2.24. The van der Waals surface area contributed by atoms with E-state index in [-0.39, 0.29) is 0 Å². The summed E-state index contributed by atoms with van der Waals surface area (Å²) in [5, 5.41) is 3.56. The lowest BCUT2D eigenvalue weighted by atomic mass is 10.0. The molecule has 0 unspecified atom stereocenters. The van der Waals surface area contributed by atoms with Crippen LogP contribution in [-0.2, 0) is 7.05 Å². The molecule has 0 N–H and O–H groups in total. The molecule has 92 valence electrons. The zero-order valence-electron chi connectivity index (χ0n) is 10.9. The van der Waals surface area contributed by atoms with E-state index in [1.807, 2.05) is 18.5 Å². The van der Waals surface area contributed by atoms with Gasteiger partial charge in [-0.05, 0) is 36.6 Å². The maximum absolute atomic E-state index is 4.73. The van der Waals surface area contributed by atoms with Crippen LogP contribution in [0.5, 0.6) is 0 Å². The monoisotopic (exact) mass is 247 g/mol. The average Bonchev–Trinajstić information content (AvgIpc) is 2.78. The highest BCUT2D eigenvalue weighted by Crippen LogP contribution is 2.35. The number of aryl methyl sites for hydroxylation is 1. The van der Waals surface area contributed by atoms with Crippen LogP contribution in [0.2, 0.25) is 0 Å². The van der Waals surface area contributed by atoms with E-state index in [0.717, 1.165) is 16.6 Å². The van der Waals surface area contributed by atoms with Gasteiger partial charge in [0.15, 0.2) is 0 Å². The number of aromatic nitrogens is 3. The molecule has 0 saturated carbocycles. The number of hydrogen-bond donors (Lipinski definition) is 0. The average molecular weight is 247 g/mol. The molecule has 4 rings (SSSR count). The fourth-order valence-corrected chi connectivity index (χ4v) is 2.71. The van der Waals surface area contributed by atoms with Crippen LogP contribution in [0.25, 0.3) is 32.9 Å². The lowest BCUT2D eigenvalue weighted by Gasteiger charge is -2.09. The Morgan fingerprint density at radius 1 is 1.11 bits per heavy atom. The Morgan fingerprint density at radius 2 is 2.00 bits per heavy atom. The van der Waals surface area contributed by atoms with Crippen LogP contribution in [0.1, 0.15) is 5.69 Å². The first-order valence-electron chi connectivity index (χ1n) is 6.33. The summed E-state index contributed by atoms with van der Waals surface area (Å²) in [5.41, 5.74) is 4.60. The Labute approximate surface area is 110 Å². The van der Waals surface area contributed by atoms with Crippen molar-refractivity contribution < 1.29 is 0 Å². The number of fused-ring (bicyclic) bond motifs is 4. The number of rotatable bonds is 0. The molecule has 0 saturated heterocycles. The van der Waals surface area contributed by atoms with Gasteiger partial charge < -0.3 is 4.57 Å². The first kappa shape index (κ1) is 10.5. The van der Waals surface area contributed by atoms with Crippen molar-refractivity contribution in [3.63, 3.8) is 0 Å². The predicted molar refractivity (Wildman–Crippen MR) is 77.4 cm³/mol. The van der Waals surface area contributed by atoms with Crippen molar-refractivity contribution in [3.05, 3.63) is 48.5 Å². The Kier molecular flexibility index (Phi) is 1.96. The van der Waals surface area contributed by atoms with E-state index in [2.05, 4.69) is 47.9 Å². The van der Waals surface area contributed by atoms with Gasteiger partial charge in [0.1, 0.15) is 0 Å². The van der Waals surface area contributed by atoms with Gasteiger partial charge in [0.25, 0.3) is 0 Å². The fraction of sp³-hybridized carbons (Fsp3) is 0.125. The third kappa shape index (κ3) is 1.38. The molecule has 0 bridgehead atoms. The quantitative estimate of drug-likeness (QED) is 0.476. The summed E-state index contributed by atoms with van der Waals surface area (Å²) < 4.78 is 2.14. The minimum absolute atomic E-state index is 1.06. The molecular weight excluding hydrogens is 234 g/mol. The van der Waals surface area contributed by atoms with Gasteiger partial charge in [-0.25, -0.2) is 4.98 Å². The first-order valence-corrected chi connectivity index (χ1v) is 6.33. The first-order chi connectivity index (χ1) is 9.24. The number of pyridine rings is 2. The molecule has 2 aliphatic rings. The molecule has 0 amide bonds. The lowest BCUT2D eigenvalue weighted by Crippen LogP contribution is -1.97. The molecule has 3 heterocycles. The molecular formula is C16H13N3. The lowest BCUT2D eigenvalue weighted by molar-refractivity contribution is 0.859. The molecule has 3 nitrogen and oxygen atoms in total. The third-order valence-corrected chi connectivity index (χ3v) is 3.87. The van der Waals surface area contributed by atoms with Crippen molar-refractivity contribution in [3.8, 4) is 11.3 Å². The summed E-state index contributed by atoms with van der Waals surface area (Å²) in [4.78, 5) is 8.93. The van der Waals surface area contributed by atoms with Crippen LogP contribution in [0, 0.1) is 6.92 Å². The Morgan fingerprint density at radius 3 is 2.89 bits per heavy atom. The van der Waals surface area contributed by atoms with E-state index >= 15 is 0 Å². The van der Waals surface area contributed by atoms with Crippen LogP contribution in [0.15, 0.2) is 42.9 Å². The van der Waals surface area contributed by atoms with Crippen LogP contribution in [0.3, 0.4) is 0 Å². The summed E-state index contributed by atoms with van der Waals surface area (Å²) in [7, 11) is 2.07. The van der Waals surface area contributed by atoms with Crippen molar-refractivity contribution in [1.29, 1.82) is 0 Å². The van der Waals surface area contributed by atoms with Gasteiger partial charge in [0.2, 0.25) is 0 Å². The number of benzene rings is 1. The molecule has 0 aliphatic carbocycles. The topological polar surface area (TPSA) is 30.7 Å². The maximum Gasteiger partial charge on any atom is 0.0748 e. The number of nitrogens with zero attached hydrogens (tertiary/aromatic N) is 3. The molecule has 1 aromatic carbocycles. The zero-order valence-corrected chi connectivity index (χ0v) is 10.9. The van der Waals surface area contributed by atoms with E-state index in [1.165, 1.54) is 22.0 Å². The second kappa shape index (κ2) is 3.54. The standard InChI is InChI=1S/C16H13N3/c1-10-16-13-7-12-9-17-5-3-11(12)8-15(13)18-14(16)4-6-19(10)2/h3-9H,1-2H3. The minimum Gasteiger partial charge on any atom is -0.354 e. The van der Waals surface area contributed by atoms with Crippen LogP contribution >= 0.6 is 0 Å². The normalized spacial score (nSPS) is 11.7. The SMILES string of the molecule is Cc1c2c3cc4cnccc4cc3nc-2ccn1C. The van der Waals surface area contributed by atoms with Crippen molar-refractivity contribution in [2.75, 3.05) is 0 Å². The van der Waals surface area contributed by atoms with Crippen LogP contribution in [0.4, 0.5) is 0 Å². The largest absolute Gasteiger partial charge is 0.354 e. The van der Waals surface area contributed by atoms with E-state index in [1.54, 1.807) is 0 Å². The van der Waals surface area contributed by atoms with Crippen molar-refractivity contribution >= 4 is 21.7 Å². The number of hydrogen-bond acceptors (Lipinski definition) is 2. The highest BCUT2D eigenvalue weighted by Gasteiger charge is 2.15. The van der Waals surface area contributed by atoms with E-state index in [9.17, 15) is 0 Å². The molecule has 1 aromatic heterocycles. The van der Waals surface area contributed by atoms with Crippen LogP contribution < -0.4 is 0 Å². The molecule has 19 heavy (non-hydrogen) atoms. The van der Waals surface area contributed by atoms with Gasteiger partial charge in [-0.15, -0.1) is 0 Å². The highest BCUT2D eigenvalue weighted by atomic mass is 14.9. The van der Waals surface area contributed by atoms with Gasteiger partial charge >= 0.3 is 0 Å². The molecule has 2 aromatic rings. The van der Waals surface area contributed by atoms with Crippen molar-refractivity contribution in [2.45, 2.75) is 6.92 Å². The van der Waals surface area contributed by atoms with Gasteiger partial charge in [-0.2, -0.15) is 0 Å². The Bertz CT molecular complexity index is 889. The van der Waals surface area contributed by atoms with E-state index in [4.69, 9.17) is 4.98 Å². The third-order valence-electron chi connectivity index (χ3n) is 3.87. The fourth-order valence-electron chi connectivity index (χ4n) is 2.71. The molecule has 2 aliphatic heterocycles. The molecule has 3 heteroatoms. The van der Waals surface area contributed by atoms with Crippen molar-refractivity contribution in [1.82, 2.24) is 14.5 Å². The predicted octanol–water partition coefficient (Wildman–Crippen LogP) is 3.53. The van der Waals surface area contributed by atoms with Gasteiger partial charge in [0.05, 0.1) is 11.2 Å². The van der Waals surface area contributed by atoms with Gasteiger partial charge in [-0.3, -0.25) is 4.98 Å². The molecule has 0 atom stereocenters. The summed E-state index contributed by atoms with van der Waals surface area (Å²) in [6.45, 7) is 2.14. The van der Waals surface area contributed by atoms with E-state index < -0.39 is 0 Å². The van der Waals surface area contributed by atoms with E-state index in [0.29, 0.717) is 0 Å². The zero-order chi connectivity index (χ0) is 13.0. The molecule has 0 fully saturated rings. The van der Waals surface area contributed by atoms with Crippen LogP contribution in [-0.4, -0.2) is 14.5 Å². The smallest absolute Gasteiger partial charge is 0.0748 e. The summed E-state index contributed by atoms with van der Waals surface area (Å²) in [6, 6.07) is 8.44. The second-order valence-corrected chi connectivity index (χ2v) is 4.98. The summed E-state index contributed by atoms with van der Waals surface area (Å²) in [5.74, 6) is 0. The van der Waals surface area contributed by atoms with Gasteiger partial charge in [-0.1, -0.05) is 0 Å². The molecule has 0 spiro atoms.